The molecule has 0 bridgehead atoms. The predicted molar refractivity (Wildman–Crippen MR) is 80.7 cm³/mol. The smallest absolute Gasteiger partial charge is 0.129 e. The first-order valence-corrected chi connectivity index (χ1v) is 7.14. The number of nitrogens with zero attached hydrogens (tertiary/aromatic N) is 3. The average Bonchev–Trinajstić information content (AvgIpc) is 2.47. The van der Waals surface area contributed by atoms with Gasteiger partial charge in [-0.05, 0) is 30.5 Å². The lowest BCUT2D eigenvalue weighted by Gasteiger charge is -2.28. The minimum absolute atomic E-state index is 0.807. The van der Waals surface area contributed by atoms with E-state index in [-0.39, 0.29) is 0 Å². The van der Waals surface area contributed by atoms with Gasteiger partial charge < -0.3 is 5.32 Å². The van der Waals surface area contributed by atoms with Crippen molar-refractivity contribution in [2.45, 2.75) is 19.9 Å². The molecule has 0 aliphatic carbocycles. The molecule has 1 aliphatic rings. The Labute approximate surface area is 119 Å². The summed E-state index contributed by atoms with van der Waals surface area (Å²) in [5.74, 6) is 1.72. The molecular formula is C16H20N4. The Balaban J connectivity index is 1.51. The van der Waals surface area contributed by atoms with Crippen molar-refractivity contribution in [2.75, 3.05) is 25.0 Å². The van der Waals surface area contributed by atoms with Crippen molar-refractivity contribution >= 4 is 5.82 Å². The highest BCUT2D eigenvalue weighted by Gasteiger charge is 2.14. The maximum atomic E-state index is 4.35. The second-order valence-electron chi connectivity index (χ2n) is 5.21. The zero-order valence-corrected chi connectivity index (χ0v) is 11.8. The van der Waals surface area contributed by atoms with Crippen molar-refractivity contribution in [1.29, 1.82) is 0 Å². The van der Waals surface area contributed by atoms with Gasteiger partial charge in [-0.3, -0.25) is 4.90 Å². The minimum atomic E-state index is 0.807. The van der Waals surface area contributed by atoms with Gasteiger partial charge in [-0.25, -0.2) is 9.97 Å². The first kappa shape index (κ1) is 13.1. The molecule has 0 fully saturated rings. The number of nitrogens with one attached hydrogen (secondary N) is 1. The summed E-state index contributed by atoms with van der Waals surface area (Å²) in [6.07, 6.45) is 2.95. The van der Waals surface area contributed by atoms with Crippen LogP contribution in [0, 0.1) is 6.92 Å². The van der Waals surface area contributed by atoms with E-state index in [4.69, 9.17) is 0 Å². The zero-order valence-electron chi connectivity index (χ0n) is 11.8. The van der Waals surface area contributed by atoms with Crippen LogP contribution in [-0.4, -0.2) is 34.5 Å². The quantitative estimate of drug-likeness (QED) is 0.923. The van der Waals surface area contributed by atoms with Crippen LogP contribution in [0.5, 0.6) is 0 Å². The van der Waals surface area contributed by atoms with E-state index in [1.807, 2.05) is 13.0 Å². The molecule has 104 valence electrons. The minimum Gasteiger partial charge on any atom is -0.369 e. The van der Waals surface area contributed by atoms with Crippen LogP contribution in [0.15, 0.2) is 36.5 Å². The Kier molecular flexibility index (Phi) is 3.92. The Bertz CT molecular complexity index is 582. The topological polar surface area (TPSA) is 41.1 Å². The van der Waals surface area contributed by atoms with Crippen molar-refractivity contribution in [2.24, 2.45) is 0 Å². The first-order valence-electron chi connectivity index (χ1n) is 7.14. The molecule has 0 radical (unpaired) electrons. The molecule has 1 N–H and O–H groups in total. The van der Waals surface area contributed by atoms with Crippen molar-refractivity contribution in [1.82, 2.24) is 14.9 Å². The Morgan fingerprint density at radius 2 is 2.05 bits per heavy atom. The summed E-state index contributed by atoms with van der Waals surface area (Å²) < 4.78 is 0. The molecule has 3 rings (SSSR count). The summed E-state index contributed by atoms with van der Waals surface area (Å²) in [6, 6.07) is 10.7. The van der Waals surface area contributed by atoms with Crippen LogP contribution in [0.3, 0.4) is 0 Å². The molecule has 20 heavy (non-hydrogen) atoms. The maximum absolute atomic E-state index is 4.35. The number of fused-ring (bicyclic) bond motifs is 1. The van der Waals surface area contributed by atoms with Crippen LogP contribution >= 0.6 is 0 Å². The van der Waals surface area contributed by atoms with Crippen molar-refractivity contribution in [3.8, 4) is 0 Å². The first-order chi connectivity index (χ1) is 9.81. The van der Waals surface area contributed by atoms with Gasteiger partial charge in [0.2, 0.25) is 0 Å². The molecule has 0 saturated heterocycles. The summed E-state index contributed by atoms with van der Waals surface area (Å²) in [6.45, 7) is 6.06. The average molecular weight is 268 g/mol. The van der Waals surface area contributed by atoms with Crippen LogP contribution < -0.4 is 5.32 Å². The number of aryl methyl sites for hydroxylation is 1. The fraction of sp³-hybridized carbons (Fsp3) is 0.375. The fourth-order valence-electron chi connectivity index (χ4n) is 2.64. The third-order valence-corrected chi connectivity index (χ3v) is 3.72. The van der Waals surface area contributed by atoms with Crippen molar-refractivity contribution in [3.05, 3.63) is 53.5 Å². The number of rotatable bonds is 4. The van der Waals surface area contributed by atoms with E-state index >= 15 is 0 Å². The van der Waals surface area contributed by atoms with E-state index in [1.54, 1.807) is 6.20 Å². The van der Waals surface area contributed by atoms with E-state index in [1.165, 1.54) is 11.1 Å². The summed E-state index contributed by atoms with van der Waals surface area (Å²) in [5.41, 5.74) is 2.97. The van der Waals surface area contributed by atoms with Gasteiger partial charge in [0.1, 0.15) is 11.6 Å². The predicted octanol–water partition coefficient (Wildman–Crippen LogP) is 2.26. The summed E-state index contributed by atoms with van der Waals surface area (Å²) in [7, 11) is 0. The lowest BCUT2D eigenvalue weighted by atomic mass is 10.00. The molecule has 0 unspecified atom stereocenters. The molecular weight excluding hydrogens is 248 g/mol. The molecule has 1 aliphatic heterocycles. The third-order valence-electron chi connectivity index (χ3n) is 3.72. The van der Waals surface area contributed by atoms with Gasteiger partial charge in [0.25, 0.3) is 0 Å². The molecule has 4 heteroatoms. The highest BCUT2D eigenvalue weighted by atomic mass is 15.1. The molecule has 0 saturated carbocycles. The Morgan fingerprint density at radius 3 is 2.90 bits per heavy atom. The van der Waals surface area contributed by atoms with Gasteiger partial charge in [-0.15, -0.1) is 0 Å². The van der Waals surface area contributed by atoms with Crippen LogP contribution in [0.1, 0.15) is 17.0 Å². The standard InChI is InChI=1S/C16H20N4/c1-13-17-8-6-16(19-13)18-9-11-20-10-7-14-4-2-3-5-15(14)12-20/h2-6,8H,7,9-12H2,1H3,(H,17,18,19). The lowest BCUT2D eigenvalue weighted by molar-refractivity contribution is 0.264. The molecule has 2 heterocycles. The maximum Gasteiger partial charge on any atom is 0.129 e. The zero-order chi connectivity index (χ0) is 13.8. The summed E-state index contributed by atoms with van der Waals surface area (Å²) in [4.78, 5) is 10.9. The second-order valence-corrected chi connectivity index (χ2v) is 5.21. The van der Waals surface area contributed by atoms with E-state index in [2.05, 4.69) is 44.5 Å². The second kappa shape index (κ2) is 6.01. The number of anilines is 1. The molecule has 1 aromatic heterocycles. The summed E-state index contributed by atoms with van der Waals surface area (Å²) >= 11 is 0. The molecule has 0 amide bonds. The van der Waals surface area contributed by atoms with Crippen molar-refractivity contribution < 1.29 is 0 Å². The Morgan fingerprint density at radius 1 is 1.20 bits per heavy atom. The highest BCUT2D eigenvalue weighted by molar-refractivity contribution is 5.33. The molecule has 0 atom stereocenters. The van der Waals surface area contributed by atoms with Gasteiger partial charge in [-0.2, -0.15) is 0 Å². The molecule has 1 aromatic carbocycles. The van der Waals surface area contributed by atoms with Crippen molar-refractivity contribution in [3.63, 3.8) is 0 Å². The van der Waals surface area contributed by atoms with E-state index in [0.717, 1.165) is 44.2 Å². The fourth-order valence-corrected chi connectivity index (χ4v) is 2.64. The van der Waals surface area contributed by atoms with E-state index < -0.39 is 0 Å². The van der Waals surface area contributed by atoms with Crippen LogP contribution in [0.25, 0.3) is 0 Å². The normalized spacial score (nSPS) is 14.8. The Hall–Kier alpha value is -1.94. The number of benzene rings is 1. The lowest BCUT2D eigenvalue weighted by Crippen LogP contribution is -2.34. The van der Waals surface area contributed by atoms with Gasteiger partial charge in [-0.1, -0.05) is 24.3 Å². The van der Waals surface area contributed by atoms with E-state index in [0.29, 0.717) is 0 Å². The number of hydrogen-bond donors (Lipinski definition) is 1. The SMILES string of the molecule is Cc1nccc(NCCN2CCc3ccccc3C2)n1. The van der Waals surface area contributed by atoms with Crippen LogP contribution in [-0.2, 0) is 13.0 Å². The highest BCUT2D eigenvalue weighted by Crippen LogP contribution is 2.17. The monoisotopic (exact) mass is 268 g/mol. The number of hydrogen-bond acceptors (Lipinski definition) is 4. The van der Waals surface area contributed by atoms with Crippen LogP contribution in [0.2, 0.25) is 0 Å². The number of aromatic nitrogens is 2. The van der Waals surface area contributed by atoms with Gasteiger partial charge >= 0.3 is 0 Å². The largest absolute Gasteiger partial charge is 0.369 e. The molecule has 2 aromatic rings. The summed E-state index contributed by atoms with van der Waals surface area (Å²) in [5, 5.41) is 3.36. The third kappa shape index (κ3) is 3.14. The molecule has 0 spiro atoms. The molecule has 4 nitrogen and oxygen atoms in total. The van der Waals surface area contributed by atoms with Gasteiger partial charge in [0.05, 0.1) is 0 Å². The van der Waals surface area contributed by atoms with Gasteiger partial charge in [0.15, 0.2) is 0 Å². The van der Waals surface area contributed by atoms with E-state index in [9.17, 15) is 0 Å². The van der Waals surface area contributed by atoms with Gasteiger partial charge in [0, 0.05) is 32.4 Å². The van der Waals surface area contributed by atoms with Crippen LogP contribution in [0.4, 0.5) is 5.82 Å².